The number of amides is 1. The number of imidazole rings is 1. The van der Waals surface area contributed by atoms with E-state index in [-0.39, 0.29) is 11.9 Å². The number of nitrogens with zero attached hydrogens (tertiary/aromatic N) is 3. The van der Waals surface area contributed by atoms with E-state index in [0.29, 0.717) is 12.0 Å². The van der Waals surface area contributed by atoms with Gasteiger partial charge in [0.15, 0.2) is 0 Å². The highest BCUT2D eigenvalue weighted by Gasteiger charge is 2.18. The van der Waals surface area contributed by atoms with Gasteiger partial charge in [-0.25, -0.2) is 9.97 Å². The van der Waals surface area contributed by atoms with Crippen LogP contribution < -0.4 is 5.32 Å². The molecule has 0 unspecified atom stereocenters. The van der Waals surface area contributed by atoms with Crippen molar-refractivity contribution in [1.82, 2.24) is 19.9 Å². The Morgan fingerprint density at radius 3 is 2.62 bits per heavy atom. The van der Waals surface area contributed by atoms with Crippen molar-refractivity contribution >= 4 is 5.91 Å². The molecule has 1 N–H and O–H groups in total. The second-order valence-corrected chi connectivity index (χ2v) is 5.46. The van der Waals surface area contributed by atoms with Crippen LogP contribution in [0.15, 0.2) is 61.1 Å². The lowest BCUT2D eigenvalue weighted by atomic mass is 10.0. The fourth-order valence-corrected chi connectivity index (χ4v) is 2.47. The Morgan fingerprint density at radius 1 is 1.21 bits per heavy atom. The number of nitrogens with one attached hydrogen (secondary N) is 1. The van der Waals surface area contributed by atoms with Gasteiger partial charge in [0.25, 0.3) is 5.91 Å². The average molecular weight is 324 g/mol. The number of halogens is 1. The van der Waals surface area contributed by atoms with Crippen molar-refractivity contribution in [3.05, 3.63) is 84.0 Å². The van der Waals surface area contributed by atoms with Crippen molar-refractivity contribution in [3.8, 4) is 0 Å². The lowest BCUT2D eigenvalue weighted by molar-refractivity contribution is 0.0935. The minimum atomic E-state index is -0.612. The van der Waals surface area contributed by atoms with Crippen LogP contribution in [0.4, 0.5) is 4.39 Å². The summed E-state index contributed by atoms with van der Waals surface area (Å²) in [5, 5.41) is 2.98. The van der Waals surface area contributed by atoms with E-state index < -0.39 is 5.95 Å². The highest BCUT2D eigenvalue weighted by atomic mass is 19.1. The molecule has 6 heteroatoms. The summed E-state index contributed by atoms with van der Waals surface area (Å²) < 4.78 is 14.8. The predicted molar refractivity (Wildman–Crippen MR) is 87.8 cm³/mol. The lowest BCUT2D eigenvalue weighted by Gasteiger charge is -2.19. The molecule has 3 aromatic rings. The van der Waals surface area contributed by atoms with Gasteiger partial charge in [-0.05, 0) is 17.7 Å². The lowest BCUT2D eigenvalue weighted by Crippen LogP contribution is -2.30. The molecule has 0 saturated carbocycles. The summed E-state index contributed by atoms with van der Waals surface area (Å²) in [6.45, 7) is 0. The fourth-order valence-electron chi connectivity index (χ4n) is 2.47. The molecule has 5 nitrogen and oxygen atoms in total. The van der Waals surface area contributed by atoms with Crippen molar-refractivity contribution in [2.24, 2.45) is 7.05 Å². The zero-order chi connectivity index (χ0) is 16.9. The molecule has 0 aliphatic carbocycles. The predicted octanol–water partition coefficient (Wildman–Crippen LogP) is 2.67. The number of hydrogen-bond acceptors (Lipinski definition) is 3. The van der Waals surface area contributed by atoms with Crippen LogP contribution in [-0.4, -0.2) is 20.4 Å². The van der Waals surface area contributed by atoms with E-state index in [1.807, 2.05) is 48.1 Å². The van der Waals surface area contributed by atoms with Gasteiger partial charge in [-0.3, -0.25) is 4.79 Å². The number of rotatable bonds is 5. The monoisotopic (exact) mass is 324 g/mol. The number of carbonyl (C=O) groups is 1. The number of hydrogen-bond donors (Lipinski definition) is 1. The van der Waals surface area contributed by atoms with Crippen molar-refractivity contribution in [2.45, 2.75) is 12.5 Å². The molecule has 0 fully saturated rings. The van der Waals surface area contributed by atoms with E-state index in [1.54, 1.807) is 6.20 Å². The summed E-state index contributed by atoms with van der Waals surface area (Å²) >= 11 is 0. The van der Waals surface area contributed by atoms with Crippen LogP contribution in [-0.2, 0) is 13.5 Å². The maximum atomic E-state index is 12.9. The van der Waals surface area contributed by atoms with Crippen LogP contribution in [0.3, 0.4) is 0 Å². The molecular weight excluding hydrogens is 307 g/mol. The van der Waals surface area contributed by atoms with Crippen molar-refractivity contribution in [2.75, 3.05) is 0 Å². The Balaban J connectivity index is 1.83. The number of benzene rings is 1. The first kappa shape index (κ1) is 15.9. The maximum Gasteiger partial charge on any atom is 0.253 e. The molecule has 3 rings (SSSR count). The van der Waals surface area contributed by atoms with E-state index in [9.17, 15) is 9.18 Å². The Kier molecular flexibility index (Phi) is 4.65. The highest BCUT2D eigenvalue weighted by molar-refractivity contribution is 5.94. The van der Waals surface area contributed by atoms with Crippen molar-refractivity contribution < 1.29 is 9.18 Å². The Labute approximate surface area is 139 Å². The van der Waals surface area contributed by atoms with E-state index >= 15 is 0 Å². The largest absolute Gasteiger partial charge is 0.345 e. The number of aromatic nitrogens is 3. The molecule has 0 aliphatic rings. The minimum absolute atomic E-state index is 0.246. The van der Waals surface area contributed by atoms with Crippen LogP contribution in [0.5, 0.6) is 0 Å². The van der Waals surface area contributed by atoms with Gasteiger partial charge in [0, 0.05) is 32.1 Å². The Hall–Kier alpha value is -3.02. The minimum Gasteiger partial charge on any atom is -0.345 e. The van der Waals surface area contributed by atoms with Crippen LogP contribution in [0.25, 0.3) is 0 Å². The zero-order valence-electron chi connectivity index (χ0n) is 13.2. The molecule has 1 atom stereocenters. The topological polar surface area (TPSA) is 59.8 Å². The molecule has 2 aromatic heterocycles. The van der Waals surface area contributed by atoms with E-state index in [0.717, 1.165) is 11.4 Å². The van der Waals surface area contributed by atoms with Crippen LogP contribution in [0, 0.1) is 5.95 Å². The normalized spacial score (nSPS) is 11.9. The van der Waals surface area contributed by atoms with Gasteiger partial charge < -0.3 is 9.88 Å². The molecule has 1 aromatic carbocycles. The standard InChI is InChI=1S/C18H17FN4O/c1-23-10-9-20-17(23)11-15(13-5-3-2-4-6-13)22-18(24)14-7-8-16(19)21-12-14/h2-10,12,15H,11H2,1H3,(H,22,24)/t15-/m0/s1. The Bertz CT molecular complexity index is 815. The summed E-state index contributed by atoms with van der Waals surface area (Å²) in [6.07, 6.45) is 5.37. The second kappa shape index (κ2) is 7.04. The first-order valence-corrected chi connectivity index (χ1v) is 7.57. The summed E-state index contributed by atoms with van der Waals surface area (Å²) in [5.74, 6) is -0.0499. The first-order chi connectivity index (χ1) is 11.6. The third kappa shape index (κ3) is 3.65. The number of carbonyl (C=O) groups excluding carboxylic acids is 1. The van der Waals surface area contributed by atoms with Crippen LogP contribution in [0.1, 0.15) is 27.8 Å². The van der Waals surface area contributed by atoms with Crippen LogP contribution in [0.2, 0.25) is 0 Å². The molecule has 24 heavy (non-hydrogen) atoms. The van der Waals surface area contributed by atoms with Gasteiger partial charge in [0.05, 0.1) is 11.6 Å². The third-order valence-corrected chi connectivity index (χ3v) is 3.80. The zero-order valence-corrected chi connectivity index (χ0v) is 13.2. The number of pyridine rings is 1. The molecule has 0 aliphatic heterocycles. The van der Waals surface area contributed by atoms with Crippen LogP contribution >= 0.6 is 0 Å². The molecule has 2 heterocycles. The second-order valence-electron chi connectivity index (χ2n) is 5.46. The summed E-state index contributed by atoms with van der Waals surface area (Å²) in [7, 11) is 1.91. The summed E-state index contributed by atoms with van der Waals surface area (Å²) in [5.41, 5.74) is 1.29. The molecule has 0 spiro atoms. The number of aryl methyl sites for hydroxylation is 1. The van der Waals surface area contributed by atoms with E-state index in [1.165, 1.54) is 18.3 Å². The van der Waals surface area contributed by atoms with Crippen molar-refractivity contribution in [3.63, 3.8) is 0 Å². The van der Waals surface area contributed by atoms with Gasteiger partial charge >= 0.3 is 0 Å². The average Bonchev–Trinajstić information content (AvgIpc) is 3.00. The Morgan fingerprint density at radius 2 is 2.00 bits per heavy atom. The van der Waals surface area contributed by atoms with Gasteiger partial charge in [-0.15, -0.1) is 0 Å². The SMILES string of the molecule is Cn1ccnc1C[C@H](NC(=O)c1ccc(F)nc1)c1ccccc1. The summed E-state index contributed by atoms with van der Waals surface area (Å²) in [4.78, 5) is 20.3. The van der Waals surface area contributed by atoms with E-state index in [2.05, 4.69) is 15.3 Å². The molecule has 0 bridgehead atoms. The first-order valence-electron chi connectivity index (χ1n) is 7.57. The van der Waals surface area contributed by atoms with E-state index in [4.69, 9.17) is 0 Å². The fraction of sp³-hybridized carbons (Fsp3) is 0.167. The maximum absolute atomic E-state index is 12.9. The molecular formula is C18H17FN4O. The molecule has 1 amide bonds. The summed E-state index contributed by atoms with van der Waals surface area (Å²) in [6, 6.07) is 12.0. The molecule has 122 valence electrons. The van der Waals surface area contributed by atoms with Gasteiger partial charge in [-0.2, -0.15) is 4.39 Å². The third-order valence-electron chi connectivity index (χ3n) is 3.80. The molecule has 0 saturated heterocycles. The molecule has 0 radical (unpaired) electrons. The van der Waals surface area contributed by atoms with Crippen molar-refractivity contribution in [1.29, 1.82) is 0 Å². The van der Waals surface area contributed by atoms with Gasteiger partial charge in [0.2, 0.25) is 5.95 Å². The van der Waals surface area contributed by atoms with Gasteiger partial charge in [-0.1, -0.05) is 30.3 Å². The smallest absolute Gasteiger partial charge is 0.253 e. The highest BCUT2D eigenvalue weighted by Crippen LogP contribution is 2.18. The quantitative estimate of drug-likeness (QED) is 0.734. The van der Waals surface area contributed by atoms with Gasteiger partial charge in [0.1, 0.15) is 5.82 Å².